The molecular weight excluding hydrogens is 255 g/mol. The molecule has 2 aromatic heterocycles. The lowest BCUT2D eigenvalue weighted by atomic mass is 10.2. The summed E-state index contributed by atoms with van der Waals surface area (Å²) in [5, 5.41) is 18.9. The number of fused-ring (bicyclic) bond motifs is 1. The fourth-order valence-electron chi connectivity index (χ4n) is 2.33. The summed E-state index contributed by atoms with van der Waals surface area (Å²) in [6, 6.07) is 0. The molecule has 0 unspecified atom stereocenters. The summed E-state index contributed by atoms with van der Waals surface area (Å²) < 4.78 is 20.8. The van der Waals surface area contributed by atoms with Crippen LogP contribution in [-0.4, -0.2) is 43.6 Å². The van der Waals surface area contributed by atoms with Crippen LogP contribution in [0, 0.1) is 5.82 Å². The maximum absolute atomic E-state index is 13.8. The zero-order chi connectivity index (χ0) is 13.6. The van der Waals surface area contributed by atoms with Crippen molar-refractivity contribution in [2.75, 3.05) is 12.3 Å². The normalized spacial score (nSPS) is 27.2. The van der Waals surface area contributed by atoms with Gasteiger partial charge in [-0.25, -0.2) is 14.4 Å². The van der Waals surface area contributed by atoms with E-state index in [2.05, 4.69) is 9.97 Å². The Morgan fingerprint density at radius 1 is 1.53 bits per heavy atom. The molecule has 3 rings (SSSR count). The number of aromatic nitrogens is 3. The lowest BCUT2D eigenvalue weighted by Gasteiger charge is -2.14. The molecule has 19 heavy (non-hydrogen) atoms. The standard InChI is InChI=1S/C11H13FN4O3/c12-5-2-16(8-1-6(18)7(3-17)19-8)11-9(5)10(13)14-4-15-11/h2,4,6-8,17-18H,1,3H2,(H2,13,14,15)/t6-,7+,8-/m0/s1. The predicted molar refractivity (Wildman–Crippen MR) is 63.5 cm³/mol. The maximum Gasteiger partial charge on any atom is 0.154 e. The highest BCUT2D eigenvalue weighted by molar-refractivity contribution is 5.86. The zero-order valence-corrected chi connectivity index (χ0v) is 9.90. The first-order chi connectivity index (χ1) is 9.11. The topological polar surface area (TPSA) is 106 Å². The number of rotatable bonds is 2. The monoisotopic (exact) mass is 268 g/mol. The van der Waals surface area contributed by atoms with E-state index in [0.717, 1.165) is 0 Å². The van der Waals surface area contributed by atoms with E-state index in [-0.39, 0.29) is 24.2 Å². The molecule has 8 heteroatoms. The Labute approximate surface area is 107 Å². The van der Waals surface area contributed by atoms with Crippen molar-refractivity contribution in [2.24, 2.45) is 0 Å². The highest BCUT2D eigenvalue weighted by Gasteiger charge is 2.35. The number of aliphatic hydroxyl groups is 2. The van der Waals surface area contributed by atoms with E-state index in [1.54, 1.807) is 0 Å². The van der Waals surface area contributed by atoms with Gasteiger partial charge in [0.25, 0.3) is 0 Å². The van der Waals surface area contributed by atoms with Crippen molar-refractivity contribution in [2.45, 2.75) is 24.9 Å². The summed E-state index contributed by atoms with van der Waals surface area (Å²) >= 11 is 0. The first-order valence-electron chi connectivity index (χ1n) is 5.82. The third kappa shape index (κ3) is 1.84. The van der Waals surface area contributed by atoms with Gasteiger partial charge in [0.2, 0.25) is 0 Å². The summed E-state index contributed by atoms with van der Waals surface area (Å²) in [5.74, 6) is -0.489. The number of nitrogens with zero attached hydrogens (tertiary/aromatic N) is 3. The third-order valence-electron chi connectivity index (χ3n) is 3.29. The molecule has 2 aromatic rings. The minimum atomic E-state index is -0.797. The summed E-state index contributed by atoms with van der Waals surface area (Å²) in [7, 11) is 0. The first-order valence-corrected chi connectivity index (χ1v) is 5.82. The van der Waals surface area contributed by atoms with Crippen LogP contribution in [0.4, 0.5) is 10.2 Å². The summed E-state index contributed by atoms with van der Waals surface area (Å²) in [4.78, 5) is 7.73. The van der Waals surface area contributed by atoms with Crippen molar-refractivity contribution in [1.82, 2.24) is 14.5 Å². The van der Waals surface area contributed by atoms with Crippen molar-refractivity contribution in [3.8, 4) is 0 Å². The molecule has 0 aliphatic carbocycles. The van der Waals surface area contributed by atoms with Crippen molar-refractivity contribution in [3.05, 3.63) is 18.3 Å². The second-order valence-corrected chi connectivity index (χ2v) is 4.46. The van der Waals surface area contributed by atoms with Gasteiger partial charge in [0.1, 0.15) is 24.5 Å². The molecule has 3 atom stereocenters. The van der Waals surface area contributed by atoms with Crippen molar-refractivity contribution < 1.29 is 19.3 Å². The Morgan fingerprint density at radius 2 is 2.32 bits per heavy atom. The molecule has 1 fully saturated rings. The van der Waals surface area contributed by atoms with Gasteiger partial charge in [-0.1, -0.05) is 0 Å². The molecule has 1 aliphatic heterocycles. The summed E-state index contributed by atoms with van der Waals surface area (Å²) in [6.45, 7) is -0.295. The van der Waals surface area contributed by atoms with Crippen LogP contribution in [0.1, 0.15) is 12.6 Å². The Hall–Kier alpha value is -1.77. The molecule has 0 saturated carbocycles. The smallest absolute Gasteiger partial charge is 0.154 e. The predicted octanol–water partition coefficient (Wildman–Crippen LogP) is -0.207. The second kappa shape index (κ2) is 4.41. The molecule has 1 aliphatic rings. The summed E-state index contributed by atoms with van der Waals surface area (Å²) in [6.07, 6.45) is 0.640. The van der Waals surface area contributed by atoms with Crippen LogP contribution >= 0.6 is 0 Å². The largest absolute Gasteiger partial charge is 0.394 e. The minimum absolute atomic E-state index is 0.0542. The van der Waals surface area contributed by atoms with E-state index in [0.29, 0.717) is 5.65 Å². The van der Waals surface area contributed by atoms with Crippen LogP contribution < -0.4 is 5.73 Å². The molecule has 4 N–H and O–H groups in total. The van der Waals surface area contributed by atoms with Gasteiger partial charge in [0, 0.05) is 12.6 Å². The van der Waals surface area contributed by atoms with E-state index in [1.165, 1.54) is 17.1 Å². The second-order valence-electron chi connectivity index (χ2n) is 4.46. The molecular formula is C11H13FN4O3. The lowest BCUT2D eigenvalue weighted by molar-refractivity contribution is -0.0431. The number of hydrogen-bond donors (Lipinski definition) is 3. The number of nitrogens with two attached hydrogens (primary N) is 1. The van der Waals surface area contributed by atoms with E-state index >= 15 is 0 Å². The van der Waals surface area contributed by atoms with Crippen molar-refractivity contribution in [1.29, 1.82) is 0 Å². The molecule has 0 radical (unpaired) electrons. The van der Waals surface area contributed by atoms with Gasteiger partial charge in [0.05, 0.1) is 18.1 Å². The van der Waals surface area contributed by atoms with Gasteiger partial charge < -0.3 is 25.3 Å². The Bertz CT molecular complexity index is 617. The fourth-order valence-corrected chi connectivity index (χ4v) is 2.33. The van der Waals surface area contributed by atoms with Gasteiger partial charge in [-0.2, -0.15) is 0 Å². The Balaban J connectivity index is 2.05. The Kier molecular flexibility index (Phi) is 2.85. The highest BCUT2D eigenvalue weighted by atomic mass is 19.1. The number of nitrogen functional groups attached to an aromatic ring is 1. The molecule has 102 valence electrons. The molecule has 1 saturated heterocycles. The quantitative estimate of drug-likeness (QED) is 0.696. The molecule has 0 spiro atoms. The number of aliphatic hydroxyl groups excluding tert-OH is 2. The number of ether oxygens (including phenoxy) is 1. The van der Waals surface area contributed by atoms with E-state index < -0.39 is 24.3 Å². The average molecular weight is 268 g/mol. The Morgan fingerprint density at radius 3 is 3.00 bits per heavy atom. The molecule has 3 heterocycles. The van der Waals surface area contributed by atoms with Crippen LogP contribution in [0.3, 0.4) is 0 Å². The van der Waals surface area contributed by atoms with Crippen LogP contribution in [-0.2, 0) is 4.74 Å². The van der Waals surface area contributed by atoms with E-state index in [9.17, 15) is 9.50 Å². The van der Waals surface area contributed by atoms with Crippen LogP contribution in [0.25, 0.3) is 11.0 Å². The first kappa shape index (κ1) is 12.3. The van der Waals surface area contributed by atoms with E-state index in [4.69, 9.17) is 15.6 Å². The van der Waals surface area contributed by atoms with Gasteiger partial charge in [0.15, 0.2) is 11.5 Å². The number of hydrogen-bond acceptors (Lipinski definition) is 6. The average Bonchev–Trinajstić information content (AvgIpc) is 2.91. The number of anilines is 1. The van der Waals surface area contributed by atoms with Crippen molar-refractivity contribution in [3.63, 3.8) is 0 Å². The SMILES string of the molecule is Nc1ncnc2c1c(F)cn2[C@@H]1C[C@H](O)[C@@H](CO)O1. The molecule has 0 amide bonds. The maximum atomic E-state index is 13.8. The minimum Gasteiger partial charge on any atom is -0.394 e. The van der Waals surface area contributed by atoms with Gasteiger partial charge >= 0.3 is 0 Å². The van der Waals surface area contributed by atoms with Gasteiger partial charge in [-0.05, 0) is 0 Å². The number of halogens is 1. The van der Waals surface area contributed by atoms with Gasteiger partial charge in [-0.3, -0.25) is 0 Å². The van der Waals surface area contributed by atoms with Crippen LogP contribution in [0.15, 0.2) is 12.5 Å². The third-order valence-corrected chi connectivity index (χ3v) is 3.29. The van der Waals surface area contributed by atoms with Crippen LogP contribution in [0.2, 0.25) is 0 Å². The van der Waals surface area contributed by atoms with E-state index in [1.807, 2.05) is 0 Å². The van der Waals surface area contributed by atoms with Gasteiger partial charge in [-0.15, -0.1) is 0 Å². The molecule has 0 aromatic carbocycles. The van der Waals surface area contributed by atoms with Crippen molar-refractivity contribution >= 4 is 16.9 Å². The highest BCUT2D eigenvalue weighted by Crippen LogP contribution is 2.33. The lowest BCUT2D eigenvalue weighted by Crippen LogP contribution is -2.24. The molecule has 0 bridgehead atoms. The van der Waals surface area contributed by atoms with Crippen LogP contribution in [0.5, 0.6) is 0 Å². The summed E-state index contributed by atoms with van der Waals surface area (Å²) in [5.41, 5.74) is 5.92. The fraction of sp³-hybridized carbons (Fsp3) is 0.455. The molecule has 7 nitrogen and oxygen atoms in total. The zero-order valence-electron chi connectivity index (χ0n) is 9.90.